The largest absolute Gasteiger partial charge is 0.323 e. The normalized spacial score (nSPS) is 9.35. The quantitative estimate of drug-likeness (QED) is 0.787. The molecule has 0 aromatic heterocycles. The predicted octanol–water partition coefficient (Wildman–Crippen LogP) is 2.93. The van der Waals surface area contributed by atoms with E-state index in [4.69, 9.17) is 0 Å². The third-order valence-electron chi connectivity index (χ3n) is 2.04. The summed E-state index contributed by atoms with van der Waals surface area (Å²) in [5.74, 6) is 0.00513. The van der Waals surface area contributed by atoms with Crippen molar-refractivity contribution in [1.82, 2.24) is 5.32 Å². The molecule has 1 rings (SSSR count). The second-order valence-corrected chi connectivity index (χ2v) is 3.95. The van der Waals surface area contributed by atoms with Gasteiger partial charge < -0.3 is 10.6 Å². The molecule has 0 saturated heterocycles. The number of rotatable bonds is 3. The molecule has 1 aromatic rings. The van der Waals surface area contributed by atoms with Crippen LogP contribution in [0.3, 0.4) is 0 Å². The molecule has 0 radical (unpaired) electrons. The van der Waals surface area contributed by atoms with Gasteiger partial charge in [0.1, 0.15) is 0 Å². The Labute approximate surface area is 101 Å². The van der Waals surface area contributed by atoms with Crippen LogP contribution in [-0.4, -0.2) is 11.8 Å². The Morgan fingerprint density at radius 2 is 1.65 bits per heavy atom. The maximum Gasteiger partial charge on any atom is 0.323 e. The summed E-state index contributed by atoms with van der Waals surface area (Å²) in [7, 11) is 0. The molecule has 0 aliphatic carbocycles. The van der Waals surface area contributed by atoms with Crippen LogP contribution >= 0.6 is 0 Å². The van der Waals surface area contributed by atoms with E-state index in [1.54, 1.807) is 30.5 Å². The fraction of sp³-hybridized carbons (Fsp3) is 0.231. The monoisotopic (exact) mass is 232 g/mol. The van der Waals surface area contributed by atoms with Crippen LogP contribution in [0, 0.1) is 0 Å². The van der Waals surface area contributed by atoms with E-state index in [9.17, 15) is 9.59 Å². The molecule has 90 valence electrons. The number of Topliss-reactive ketones (excluding diaryl/α,β-unsaturated/α-hetero) is 1. The molecule has 2 N–H and O–H groups in total. The van der Waals surface area contributed by atoms with E-state index in [1.165, 1.54) is 6.92 Å². The topological polar surface area (TPSA) is 58.2 Å². The van der Waals surface area contributed by atoms with Crippen molar-refractivity contribution >= 4 is 17.5 Å². The van der Waals surface area contributed by atoms with Gasteiger partial charge in [0.05, 0.1) is 0 Å². The number of urea groups is 1. The van der Waals surface area contributed by atoms with Crippen LogP contribution in [0.5, 0.6) is 0 Å². The number of allylic oxidation sites excluding steroid dienone is 1. The first-order valence-corrected chi connectivity index (χ1v) is 5.31. The first kappa shape index (κ1) is 13.0. The Kier molecular flexibility index (Phi) is 4.46. The molecule has 2 amide bonds. The Morgan fingerprint density at radius 1 is 1.06 bits per heavy atom. The molecule has 0 saturated carbocycles. The van der Waals surface area contributed by atoms with Gasteiger partial charge >= 0.3 is 6.03 Å². The number of amides is 2. The summed E-state index contributed by atoms with van der Waals surface area (Å²) in [6.07, 6.45) is 1.62. The zero-order chi connectivity index (χ0) is 12.8. The number of benzene rings is 1. The van der Waals surface area contributed by atoms with Gasteiger partial charge in [-0.15, -0.1) is 0 Å². The van der Waals surface area contributed by atoms with Gasteiger partial charge in [0.2, 0.25) is 0 Å². The van der Waals surface area contributed by atoms with Gasteiger partial charge in [-0.25, -0.2) is 4.79 Å². The van der Waals surface area contributed by atoms with E-state index in [0.29, 0.717) is 11.3 Å². The summed E-state index contributed by atoms with van der Waals surface area (Å²) in [6.45, 7) is 5.29. The summed E-state index contributed by atoms with van der Waals surface area (Å²) in [6, 6.07) is 6.44. The van der Waals surface area contributed by atoms with Crippen LogP contribution in [0.25, 0.3) is 0 Å². The number of carbonyl (C=O) groups is 2. The number of hydrogen-bond acceptors (Lipinski definition) is 2. The Morgan fingerprint density at radius 3 is 2.12 bits per heavy atom. The van der Waals surface area contributed by atoms with E-state index >= 15 is 0 Å². The van der Waals surface area contributed by atoms with Crippen molar-refractivity contribution in [2.75, 3.05) is 5.32 Å². The first-order valence-electron chi connectivity index (χ1n) is 5.31. The van der Waals surface area contributed by atoms with Gasteiger partial charge in [0.25, 0.3) is 0 Å². The lowest BCUT2D eigenvalue weighted by Crippen LogP contribution is -2.24. The Balaban J connectivity index is 2.60. The molecule has 0 fully saturated rings. The van der Waals surface area contributed by atoms with Gasteiger partial charge in [0, 0.05) is 17.5 Å². The van der Waals surface area contributed by atoms with Crippen molar-refractivity contribution in [3.05, 3.63) is 41.6 Å². The van der Waals surface area contributed by atoms with Crippen LogP contribution in [0.2, 0.25) is 0 Å². The average Bonchev–Trinajstić information content (AvgIpc) is 2.27. The van der Waals surface area contributed by atoms with Crippen molar-refractivity contribution in [2.24, 2.45) is 0 Å². The molecular weight excluding hydrogens is 216 g/mol. The van der Waals surface area contributed by atoms with Crippen molar-refractivity contribution in [1.29, 1.82) is 0 Å². The molecule has 1 aromatic carbocycles. The number of ketones is 1. The number of hydrogen-bond donors (Lipinski definition) is 2. The van der Waals surface area contributed by atoms with Gasteiger partial charge in [-0.1, -0.05) is 5.57 Å². The van der Waals surface area contributed by atoms with E-state index in [2.05, 4.69) is 10.6 Å². The van der Waals surface area contributed by atoms with Gasteiger partial charge in [-0.05, 0) is 45.0 Å². The highest BCUT2D eigenvalue weighted by molar-refractivity contribution is 5.95. The van der Waals surface area contributed by atoms with Gasteiger partial charge in [-0.2, -0.15) is 0 Å². The van der Waals surface area contributed by atoms with Gasteiger partial charge in [0.15, 0.2) is 5.78 Å². The van der Waals surface area contributed by atoms with Gasteiger partial charge in [-0.3, -0.25) is 4.79 Å². The third kappa shape index (κ3) is 4.51. The molecule has 0 aliphatic heterocycles. The lowest BCUT2D eigenvalue weighted by atomic mass is 10.1. The van der Waals surface area contributed by atoms with E-state index < -0.39 is 0 Å². The molecule has 0 spiro atoms. The van der Waals surface area contributed by atoms with Crippen molar-refractivity contribution in [3.8, 4) is 0 Å². The van der Waals surface area contributed by atoms with Crippen molar-refractivity contribution < 1.29 is 9.59 Å². The summed E-state index contributed by atoms with van der Waals surface area (Å²) in [5.41, 5.74) is 2.28. The summed E-state index contributed by atoms with van der Waals surface area (Å²) in [4.78, 5) is 22.5. The minimum Gasteiger partial charge on any atom is -0.314 e. The second-order valence-electron chi connectivity index (χ2n) is 3.95. The number of anilines is 1. The highest BCUT2D eigenvalue weighted by Crippen LogP contribution is 2.09. The maximum absolute atomic E-state index is 11.4. The summed E-state index contributed by atoms with van der Waals surface area (Å²) < 4.78 is 0. The molecule has 0 aliphatic rings. The fourth-order valence-electron chi connectivity index (χ4n) is 1.17. The minimum atomic E-state index is -0.304. The highest BCUT2D eigenvalue weighted by Gasteiger charge is 2.01. The third-order valence-corrected chi connectivity index (χ3v) is 2.04. The number of nitrogens with one attached hydrogen (secondary N) is 2. The summed E-state index contributed by atoms with van der Waals surface area (Å²) in [5, 5.41) is 5.25. The Hall–Kier alpha value is -2.10. The molecule has 0 unspecified atom stereocenters. The summed E-state index contributed by atoms with van der Waals surface area (Å²) >= 11 is 0. The lowest BCUT2D eigenvalue weighted by molar-refractivity contribution is 0.101. The Bertz CT molecular complexity index is 443. The molecule has 0 atom stereocenters. The van der Waals surface area contributed by atoms with E-state index in [0.717, 1.165) is 5.57 Å². The average molecular weight is 232 g/mol. The molecule has 4 nitrogen and oxygen atoms in total. The van der Waals surface area contributed by atoms with Crippen molar-refractivity contribution in [2.45, 2.75) is 20.8 Å². The van der Waals surface area contributed by atoms with Crippen LogP contribution in [-0.2, 0) is 0 Å². The number of carbonyl (C=O) groups excluding carboxylic acids is 2. The van der Waals surface area contributed by atoms with Crippen LogP contribution in [0.1, 0.15) is 31.1 Å². The van der Waals surface area contributed by atoms with Crippen molar-refractivity contribution in [3.63, 3.8) is 0 Å². The molecule has 17 heavy (non-hydrogen) atoms. The van der Waals surface area contributed by atoms with E-state index in [1.807, 2.05) is 13.8 Å². The standard InChI is InChI=1S/C13H16N2O2/c1-9(2)8-14-13(17)15-12-6-4-11(5-7-12)10(3)16/h4-8H,1-3H3,(H2,14,15,17). The second kappa shape index (κ2) is 5.84. The molecule has 0 bridgehead atoms. The SMILES string of the molecule is CC(=O)c1ccc(NC(=O)NC=C(C)C)cc1. The lowest BCUT2D eigenvalue weighted by Gasteiger charge is -2.05. The van der Waals surface area contributed by atoms with E-state index in [-0.39, 0.29) is 11.8 Å². The zero-order valence-electron chi connectivity index (χ0n) is 10.2. The first-order chi connectivity index (χ1) is 7.99. The molecular formula is C13H16N2O2. The minimum absolute atomic E-state index is 0.00513. The van der Waals surface area contributed by atoms with Crippen LogP contribution < -0.4 is 10.6 Å². The predicted molar refractivity (Wildman–Crippen MR) is 68.0 cm³/mol. The van der Waals surface area contributed by atoms with Crippen LogP contribution in [0.4, 0.5) is 10.5 Å². The zero-order valence-corrected chi connectivity index (χ0v) is 10.2. The van der Waals surface area contributed by atoms with Crippen LogP contribution in [0.15, 0.2) is 36.0 Å². The fourth-order valence-corrected chi connectivity index (χ4v) is 1.17. The highest BCUT2D eigenvalue weighted by atomic mass is 16.2. The molecule has 4 heteroatoms. The smallest absolute Gasteiger partial charge is 0.314 e. The molecule has 0 heterocycles. The maximum atomic E-state index is 11.4.